The van der Waals surface area contributed by atoms with Crippen molar-refractivity contribution in [1.29, 1.82) is 0 Å². The SMILES string of the molecule is Nc1ccc(/C=C/C(=O)Nc2c(F)cccc2F)cc1. The zero-order valence-corrected chi connectivity index (χ0v) is 10.4. The predicted molar refractivity (Wildman–Crippen MR) is 74.9 cm³/mol. The number of benzene rings is 2. The molecule has 0 bridgehead atoms. The standard InChI is InChI=1S/C15H12F2N2O/c16-12-2-1-3-13(17)15(12)19-14(20)9-6-10-4-7-11(18)8-5-10/h1-9H,18H2,(H,19,20)/b9-6+. The Morgan fingerprint density at radius 3 is 2.25 bits per heavy atom. The summed E-state index contributed by atoms with van der Waals surface area (Å²) in [4.78, 5) is 11.6. The number of amides is 1. The van der Waals surface area contributed by atoms with Crippen molar-refractivity contribution in [2.24, 2.45) is 0 Å². The van der Waals surface area contributed by atoms with Crippen LogP contribution in [0.5, 0.6) is 0 Å². The molecule has 0 radical (unpaired) electrons. The van der Waals surface area contributed by atoms with Gasteiger partial charge >= 0.3 is 0 Å². The van der Waals surface area contributed by atoms with Gasteiger partial charge < -0.3 is 11.1 Å². The number of rotatable bonds is 3. The maximum absolute atomic E-state index is 13.3. The van der Waals surface area contributed by atoms with Gasteiger partial charge in [0.25, 0.3) is 0 Å². The summed E-state index contributed by atoms with van der Waals surface area (Å²) in [5.74, 6) is -2.26. The molecule has 0 atom stereocenters. The van der Waals surface area contributed by atoms with Crippen LogP contribution >= 0.6 is 0 Å². The molecule has 5 heteroatoms. The van der Waals surface area contributed by atoms with E-state index in [0.717, 1.165) is 17.7 Å². The minimum Gasteiger partial charge on any atom is -0.399 e. The zero-order chi connectivity index (χ0) is 14.5. The van der Waals surface area contributed by atoms with Gasteiger partial charge in [-0.15, -0.1) is 0 Å². The molecule has 0 spiro atoms. The Morgan fingerprint density at radius 1 is 1.05 bits per heavy atom. The van der Waals surface area contributed by atoms with Crippen LogP contribution in [0, 0.1) is 11.6 Å². The van der Waals surface area contributed by atoms with Crippen molar-refractivity contribution < 1.29 is 13.6 Å². The summed E-state index contributed by atoms with van der Waals surface area (Å²) in [5.41, 5.74) is 6.44. The van der Waals surface area contributed by atoms with Crippen molar-refractivity contribution in [2.75, 3.05) is 11.1 Å². The van der Waals surface area contributed by atoms with E-state index in [9.17, 15) is 13.6 Å². The highest BCUT2D eigenvalue weighted by Crippen LogP contribution is 2.18. The summed E-state index contributed by atoms with van der Waals surface area (Å²) >= 11 is 0. The van der Waals surface area contributed by atoms with E-state index in [1.807, 2.05) is 0 Å². The van der Waals surface area contributed by atoms with Gasteiger partial charge in [0.05, 0.1) is 0 Å². The van der Waals surface area contributed by atoms with Crippen LogP contribution in [-0.2, 0) is 4.79 Å². The molecule has 2 aromatic rings. The van der Waals surface area contributed by atoms with Crippen LogP contribution in [0.15, 0.2) is 48.5 Å². The van der Waals surface area contributed by atoms with Crippen LogP contribution in [0.25, 0.3) is 6.08 Å². The van der Waals surface area contributed by atoms with Gasteiger partial charge in [0, 0.05) is 11.8 Å². The summed E-state index contributed by atoms with van der Waals surface area (Å²) in [7, 11) is 0. The van der Waals surface area contributed by atoms with Crippen molar-refractivity contribution in [3.63, 3.8) is 0 Å². The fourth-order valence-electron chi connectivity index (χ4n) is 1.56. The lowest BCUT2D eigenvalue weighted by Gasteiger charge is -2.04. The molecule has 0 heterocycles. The first-order chi connectivity index (χ1) is 9.56. The maximum Gasteiger partial charge on any atom is 0.248 e. The van der Waals surface area contributed by atoms with E-state index in [-0.39, 0.29) is 0 Å². The van der Waals surface area contributed by atoms with Crippen molar-refractivity contribution in [3.8, 4) is 0 Å². The van der Waals surface area contributed by atoms with Gasteiger partial charge in [-0.2, -0.15) is 0 Å². The Labute approximate surface area is 114 Å². The van der Waals surface area contributed by atoms with Gasteiger partial charge in [0.2, 0.25) is 5.91 Å². The summed E-state index contributed by atoms with van der Waals surface area (Å²) < 4.78 is 26.7. The second kappa shape index (κ2) is 5.97. The summed E-state index contributed by atoms with van der Waals surface area (Å²) in [5, 5.41) is 2.16. The van der Waals surface area contributed by atoms with E-state index in [1.54, 1.807) is 24.3 Å². The van der Waals surface area contributed by atoms with Gasteiger partial charge in [-0.1, -0.05) is 18.2 Å². The molecule has 20 heavy (non-hydrogen) atoms. The highest BCUT2D eigenvalue weighted by molar-refractivity contribution is 6.02. The summed E-state index contributed by atoms with van der Waals surface area (Å²) in [6.07, 6.45) is 2.71. The third-order valence-corrected chi connectivity index (χ3v) is 2.57. The molecular weight excluding hydrogens is 262 g/mol. The molecule has 1 amide bonds. The summed E-state index contributed by atoms with van der Waals surface area (Å²) in [6, 6.07) is 10.2. The normalized spacial score (nSPS) is 10.7. The van der Waals surface area contributed by atoms with Gasteiger partial charge in [-0.25, -0.2) is 8.78 Å². The molecule has 0 saturated heterocycles. The first kappa shape index (κ1) is 13.7. The first-order valence-corrected chi connectivity index (χ1v) is 5.85. The number of para-hydroxylation sites is 1. The van der Waals surface area contributed by atoms with Gasteiger partial charge in [-0.3, -0.25) is 4.79 Å². The number of nitrogen functional groups attached to an aromatic ring is 1. The second-order valence-corrected chi connectivity index (χ2v) is 4.09. The maximum atomic E-state index is 13.3. The van der Waals surface area contributed by atoms with Gasteiger partial charge in [-0.05, 0) is 35.9 Å². The molecule has 0 aliphatic rings. The first-order valence-electron chi connectivity index (χ1n) is 5.85. The molecule has 0 aliphatic carbocycles. The minimum atomic E-state index is -0.820. The lowest BCUT2D eigenvalue weighted by molar-refractivity contribution is -0.111. The van der Waals surface area contributed by atoms with E-state index in [1.165, 1.54) is 18.2 Å². The molecular formula is C15H12F2N2O. The van der Waals surface area contributed by atoms with Gasteiger partial charge in [0.15, 0.2) is 0 Å². The Balaban J connectivity index is 2.07. The van der Waals surface area contributed by atoms with Gasteiger partial charge in [0.1, 0.15) is 17.3 Å². The van der Waals surface area contributed by atoms with E-state index < -0.39 is 23.2 Å². The predicted octanol–water partition coefficient (Wildman–Crippen LogP) is 3.20. The minimum absolute atomic E-state index is 0.459. The fraction of sp³-hybridized carbons (Fsp3) is 0. The smallest absolute Gasteiger partial charge is 0.248 e. The Hall–Kier alpha value is -2.69. The quantitative estimate of drug-likeness (QED) is 0.667. The number of carbonyl (C=O) groups excluding carboxylic acids is 1. The number of nitrogens with two attached hydrogens (primary N) is 1. The number of halogens is 2. The summed E-state index contributed by atoms with van der Waals surface area (Å²) in [6.45, 7) is 0. The van der Waals surface area contributed by atoms with Crippen LogP contribution in [-0.4, -0.2) is 5.91 Å². The van der Waals surface area contributed by atoms with E-state index in [4.69, 9.17) is 5.73 Å². The number of nitrogens with one attached hydrogen (secondary N) is 1. The Kier molecular flexibility index (Phi) is 4.10. The van der Waals surface area contributed by atoms with E-state index >= 15 is 0 Å². The van der Waals surface area contributed by atoms with Crippen molar-refractivity contribution >= 4 is 23.4 Å². The lowest BCUT2D eigenvalue weighted by atomic mass is 10.2. The molecule has 0 aromatic heterocycles. The largest absolute Gasteiger partial charge is 0.399 e. The molecule has 0 unspecified atom stereocenters. The number of anilines is 2. The fourth-order valence-corrected chi connectivity index (χ4v) is 1.56. The van der Waals surface area contributed by atoms with Crippen molar-refractivity contribution in [1.82, 2.24) is 0 Å². The second-order valence-electron chi connectivity index (χ2n) is 4.09. The molecule has 3 N–H and O–H groups in total. The third kappa shape index (κ3) is 3.41. The molecule has 3 nitrogen and oxygen atoms in total. The topological polar surface area (TPSA) is 55.1 Å². The Bertz CT molecular complexity index is 631. The van der Waals surface area contributed by atoms with Crippen molar-refractivity contribution in [2.45, 2.75) is 0 Å². The molecule has 0 saturated carbocycles. The highest BCUT2D eigenvalue weighted by Gasteiger charge is 2.09. The van der Waals surface area contributed by atoms with Crippen LogP contribution in [0.2, 0.25) is 0 Å². The highest BCUT2D eigenvalue weighted by atomic mass is 19.1. The monoisotopic (exact) mass is 274 g/mol. The number of hydrogen-bond donors (Lipinski definition) is 2. The molecule has 102 valence electrons. The van der Waals surface area contributed by atoms with Crippen LogP contribution in [0.4, 0.5) is 20.2 Å². The molecule has 0 aliphatic heterocycles. The van der Waals surface area contributed by atoms with E-state index in [0.29, 0.717) is 5.69 Å². The van der Waals surface area contributed by atoms with Crippen LogP contribution < -0.4 is 11.1 Å². The average Bonchev–Trinajstić information content (AvgIpc) is 2.42. The average molecular weight is 274 g/mol. The number of carbonyl (C=O) groups is 1. The van der Waals surface area contributed by atoms with Crippen molar-refractivity contribution in [3.05, 3.63) is 65.7 Å². The van der Waals surface area contributed by atoms with E-state index in [2.05, 4.69) is 5.32 Å². The molecule has 0 fully saturated rings. The lowest BCUT2D eigenvalue weighted by Crippen LogP contribution is -2.10. The van der Waals surface area contributed by atoms with Crippen LogP contribution in [0.3, 0.4) is 0 Å². The molecule has 2 aromatic carbocycles. The molecule has 2 rings (SSSR count). The third-order valence-electron chi connectivity index (χ3n) is 2.57. The van der Waals surface area contributed by atoms with Crippen LogP contribution in [0.1, 0.15) is 5.56 Å². The number of hydrogen-bond acceptors (Lipinski definition) is 2. The Morgan fingerprint density at radius 2 is 1.65 bits per heavy atom. The zero-order valence-electron chi connectivity index (χ0n) is 10.4.